The van der Waals surface area contributed by atoms with E-state index in [9.17, 15) is 19.2 Å². The molecule has 11 nitrogen and oxygen atoms in total. The van der Waals surface area contributed by atoms with Gasteiger partial charge in [-0.2, -0.15) is 12.6 Å². The number of nitrogens with one attached hydrogen (secondary N) is 3. The predicted molar refractivity (Wildman–Crippen MR) is 89.4 cm³/mol. The molecule has 1 aromatic rings. The Morgan fingerprint density at radius 3 is 2.36 bits per heavy atom. The first-order valence-corrected chi connectivity index (χ1v) is 7.83. The van der Waals surface area contributed by atoms with E-state index in [1.165, 1.54) is 12.5 Å². The van der Waals surface area contributed by atoms with Gasteiger partial charge in [0.15, 0.2) is 0 Å². The summed E-state index contributed by atoms with van der Waals surface area (Å²) in [6.07, 6.45) is 2.55. The number of nitrogens with zero attached hydrogens (tertiary/aromatic N) is 1. The highest BCUT2D eigenvalue weighted by atomic mass is 32.1. The van der Waals surface area contributed by atoms with Crippen molar-refractivity contribution in [2.75, 3.05) is 5.75 Å². The fourth-order valence-electron chi connectivity index (χ4n) is 1.87. The van der Waals surface area contributed by atoms with Gasteiger partial charge >= 0.3 is 5.97 Å². The summed E-state index contributed by atoms with van der Waals surface area (Å²) >= 11 is 3.96. The summed E-state index contributed by atoms with van der Waals surface area (Å²) in [7, 11) is 0. The molecule has 0 radical (unpaired) electrons. The van der Waals surface area contributed by atoms with Crippen LogP contribution in [0.3, 0.4) is 0 Å². The molecule has 25 heavy (non-hydrogen) atoms. The van der Waals surface area contributed by atoms with Crippen molar-refractivity contribution in [1.82, 2.24) is 20.6 Å². The minimum Gasteiger partial charge on any atom is -0.480 e. The van der Waals surface area contributed by atoms with Crippen molar-refractivity contribution in [3.05, 3.63) is 18.2 Å². The third-order valence-corrected chi connectivity index (χ3v) is 3.53. The van der Waals surface area contributed by atoms with Crippen LogP contribution in [0.25, 0.3) is 0 Å². The van der Waals surface area contributed by atoms with E-state index in [1.54, 1.807) is 0 Å². The van der Waals surface area contributed by atoms with Gasteiger partial charge in [0.05, 0.1) is 18.8 Å². The second-order valence-electron chi connectivity index (χ2n) is 5.20. The van der Waals surface area contributed by atoms with Crippen molar-refractivity contribution in [1.29, 1.82) is 0 Å². The van der Waals surface area contributed by atoms with E-state index in [0.717, 1.165) is 0 Å². The second-order valence-corrected chi connectivity index (χ2v) is 5.57. The number of amides is 3. The number of carbonyl (C=O) groups is 4. The van der Waals surface area contributed by atoms with Crippen LogP contribution in [0.4, 0.5) is 0 Å². The number of rotatable bonds is 10. The molecule has 12 heteroatoms. The molecule has 1 aromatic heterocycles. The maximum absolute atomic E-state index is 12.1. The highest BCUT2D eigenvalue weighted by Crippen LogP contribution is 1.99. The number of primary amides is 1. The molecular weight excluding hydrogens is 352 g/mol. The number of hydrogen-bond donors (Lipinski definition) is 7. The van der Waals surface area contributed by atoms with E-state index >= 15 is 0 Å². The lowest BCUT2D eigenvalue weighted by atomic mass is 10.1. The Balaban J connectivity index is 2.63. The molecular formula is C13H20N6O5S. The third kappa shape index (κ3) is 6.81. The maximum Gasteiger partial charge on any atom is 0.326 e. The fraction of sp³-hybridized carbons (Fsp3) is 0.462. The Labute approximate surface area is 148 Å². The van der Waals surface area contributed by atoms with Crippen LogP contribution in [0.15, 0.2) is 12.5 Å². The summed E-state index contributed by atoms with van der Waals surface area (Å²) in [5.41, 5.74) is 11.3. The Morgan fingerprint density at radius 1 is 1.24 bits per heavy atom. The van der Waals surface area contributed by atoms with Crippen LogP contribution >= 0.6 is 12.6 Å². The van der Waals surface area contributed by atoms with Gasteiger partial charge in [-0.05, 0) is 0 Å². The van der Waals surface area contributed by atoms with Crippen molar-refractivity contribution >= 4 is 36.3 Å². The third-order valence-electron chi connectivity index (χ3n) is 3.17. The molecule has 1 rings (SSSR count). The number of H-pyrrole nitrogens is 1. The molecule has 0 aliphatic carbocycles. The monoisotopic (exact) mass is 372 g/mol. The summed E-state index contributed by atoms with van der Waals surface area (Å²) < 4.78 is 0. The van der Waals surface area contributed by atoms with E-state index in [-0.39, 0.29) is 12.2 Å². The largest absolute Gasteiger partial charge is 0.480 e. The van der Waals surface area contributed by atoms with Gasteiger partial charge in [0.25, 0.3) is 0 Å². The number of carbonyl (C=O) groups excluding carboxylic acids is 3. The number of imidazole rings is 1. The number of carboxylic acids is 1. The van der Waals surface area contributed by atoms with Gasteiger partial charge in [-0.1, -0.05) is 0 Å². The molecule has 1 heterocycles. The molecule has 0 aliphatic rings. The molecule has 0 saturated carbocycles. The summed E-state index contributed by atoms with van der Waals surface area (Å²) in [6, 6.07) is -3.57. The van der Waals surface area contributed by atoms with Crippen LogP contribution in [-0.4, -0.2) is 62.6 Å². The van der Waals surface area contributed by atoms with Gasteiger partial charge < -0.3 is 32.2 Å². The van der Waals surface area contributed by atoms with Crippen LogP contribution in [0.5, 0.6) is 0 Å². The predicted octanol–water partition coefficient (Wildman–Crippen LogP) is -2.86. The van der Waals surface area contributed by atoms with Gasteiger partial charge in [0.1, 0.15) is 12.1 Å². The van der Waals surface area contributed by atoms with Crippen molar-refractivity contribution in [3.63, 3.8) is 0 Å². The molecule has 0 aromatic carbocycles. The summed E-state index contributed by atoms with van der Waals surface area (Å²) in [6.45, 7) is 0. The second kappa shape index (κ2) is 9.64. The van der Waals surface area contributed by atoms with Crippen LogP contribution in [0, 0.1) is 0 Å². The topological polar surface area (TPSA) is 193 Å². The van der Waals surface area contributed by atoms with E-state index in [4.69, 9.17) is 16.6 Å². The van der Waals surface area contributed by atoms with Gasteiger partial charge in [0, 0.05) is 24.1 Å². The summed E-state index contributed by atoms with van der Waals surface area (Å²) in [5, 5.41) is 13.5. The lowest BCUT2D eigenvalue weighted by Gasteiger charge is -2.21. The highest BCUT2D eigenvalue weighted by molar-refractivity contribution is 7.80. The average Bonchev–Trinajstić information content (AvgIpc) is 3.03. The Bertz CT molecular complexity index is 622. The highest BCUT2D eigenvalue weighted by Gasteiger charge is 2.28. The number of hydrogen-bond acceptors (Lipinski definition) is 7. The SMILES string of the molecule is NC(=O)C[C@H](NC(=O)[C@H](CS)NC(=O)[C@@H](N)Cc1cnc[nH]1)C(=O)O. The van der Waals surface area contributed by atoms with Crippen molar-refractivity contribution < 1.29 is 24.3 Å². The number of nitrogens with two attached hydrogens (primary N) is 2. The van der Waals surface area contributed by atoms with E-state index in [2.05, 4.69) is 33.2 Å². The lowest BCUT2D eigenvalue weighted by molar-refractivity contribution is -0.143. The quantitative estimate of drug-likeness (QED) is 0.215. The van der Waals surface area contributed by atoms with Gasteiger partial charge in [0.2, 0.25) is 17.7 Å². The van der Waals surface area contributed by atoms with Crippen molar-refractivity contribution in [3.8, 4) is 0 Å². The van der Waals surface area contributed by atoms with E-state index < -0.39 is 48.2 Å². The molecule has 0 spiro atoms. The number of carboxylic acid groups (broad SMARTS) is 1. The van der Waals surface area contributed by atoms with Crippen LogP contribution in [0.2, 0.25) is 0 Å². The number of aromatic nitrogens is 2. The van der Waals surface area contributed by atoms with Gasteiger partial charge in [-0.15, -0.1) is 0 Å². The molecule has 3 atom stereocenters. The number of thiol groups is 1. The zero-order valence-electron chi connectivity index (χ0n) is 13.1. The molecule has 0 aliphatic heterocycles. The normalized spacial score (nSPS) is 14.2. The Kier molecular flexibility index (Phi) is 7.88. The molecule has 0 saturated heterocycles. The zero-order valence-corrected chi connectivity index (χ0v) is 14.0. The van der Waals surface area contributed by atoms with Crippen LogP contribution < -0.4 is 22.1 Å². The van der Waals surface area contributed by atoms with E-state index in [0.29, 0.717) is 5.69 Å². The minimum atomic E-state index is -1.50. The summed E-state index contributed by atoms with van der Waals surface area (Å²) in [5.74, 6) is -3.85. The van der Waals surface area contributed by atoms with Crippen LogP contribution in [0.1, 0.15) is 12.1 Å². The van der Waals surface area contributed by atoms with Crippen LogP contribution in [-0.2, 0) is 25.6 Å². The molecule has 0 bridgehead atoms. The standard InChI is InChI=1S/C13H20N6O5S/c14-7(1-6-3-16-5-17-6)11(21)19-9(4-25)12(22)18-8(13(23)24)2-10(15)20/h3,5,7-9,25H,1-2,4,14H2,(H2,15,20)(H,16,17)(H,18,22)(H,19,21)(H,23,24)/t7-,8-,9-/m0/s1. The molecule has 3 amide bonds. The molecule has 8 N–H and O–H groups in total. The number of aliphatic carboxylic acids is 1. The first kappa shape index (κ1) is 20.4. The average molecular weight is 372 g/mol. The molecule has 0 fully saturated rings. The Morgan fingerprint density at radius 2 is 1.88 bits per heavy atom. The lowest BCUT2D eigenvalue weighted by Crippen LogP contribution is -2.56. The molecule has 138 valence electrons. The Hall–Kier alpha value is -2.60. The first-order chi connectivity index (χ1) is 11.7. The van der Waals surface area contributed by atoms with Crippen molar-refractivity contribution in [2.45, 2.75) is 31.0 Å². The first-order valence-electron chi connectivity index (χ1n) is 7.20. The minimum absolute atomic E-state index is 0.0999. The van der Waals surface area contributed by atoms with Gasteiger partial charge in [-0.25, -0.2) is 9.78 Å². The zero-order chi connectivity index (χ0) is 19.0. The smallest absolute Gasteiger partial charge is 0.326 e. The van der Waals surface area contributed by atoms with Crippen molar-refractivity contribution in [2.24, 2.45) is 11.5 Å². The number of aromatic amines is 1. The summed E-state index contributed by atoms with van der Waals surface area (Å²) in [4.78, 5) is 52.6. The van der Waals surface area contributed by atoms with Gasteiger partial charge in [-0.3, -0.25) is 14.4 Å². The maximum atomic E-state index is 12.1. The fourth-order valence-corrected chi connectivity index (χ4v) is 2.13. The van der Waals surface area contributed by atoms with E-state index in [1.807, 2.05) is 0 Å². The molecule has 0 unspecified atom stereocenters.